The Hall–Kier alpha value is -3.12. The van der Waals surface area contributed by atoms with Crippen molar-refractivity contribution in [3.05, 3.63) is 65.7 Å². The van der Waals surface area contributed by atoms with E-state index in [9.17, 15) is 0 Å². The van der Waals surface area contributed by atoms with Crippen molar-refractivity contribution in [1.82, 2.24) is 20.0 Å². The summed E-state index contributed by atoms with van der Waals surface area (Å²) in [5.41, 5.74) is 4.75. The Morgan fingerprint density at radius 1 is 1.17 bits per heavy atom. The fraction of sp³-hybridized carbons (Fsp3) is 0.333. The number of ether oxygens (including phenoxy) is 1. The molecule has 1 aliphatic rings. The van der Waals surface area contributed by atoms with Gasteiger partial charge in [0, 0.05) is 22.7 Å². The van der Waals surface area contributed by atoms with Crippen molar-refractivity contribution in [1.29, 1.82) is 0 Å². The Morgan fingerprint density at radius 3 is 2.83 bits per heavy atom. The Balaban J connectivity index is 1.24. The largest absolute Gasteiger partial charge is 0.497 e. The SMILES string of the molecule is COc1ccc2[nH]cc(C3CCN(Cc4nc(-c5cccc(C)c5)no4)CC3)c2c1. The van der Waals surface area contributed by atoms with E-state index in [-0.39, 0.29) is 0 Å². The molecule has 0 saturated carbocycles. The summed E-state index contributed by atoms with van der Waals surface area (Å²) in [7, 11) is 1.72. The summed E-state index contributed by atoms with van der Waals surface area (Å²) in [6, 6.07) is 14.4. The van der Waals surface area contributed by atoms with Crippen LogP contribution in [0, 0.1) is 6.92 Å². The zero-order valence-corrected chi connectivity index (χ0v) is 17.4. The number of aryl methyl sites for hydroxylation is 1. The highest BCUT2D eigenvalue weighted by Crippen LogP contribution is 2.35. The molecule has 1 aliphatic heterocycles. The van der Waals surface area contributed by atoms with Crippen LogP contribution in [0.15, 0.2) is 53.2 Å². The Labute approximate surface area is 175 Å². The lowest BCUT2D eigenvalue weighted by Gasteiger charge is -2.30. The second kappa shape index (κ2) is 7.95. The number of aromatic amines is 1. The van der Waals surface area contributed by atoms with Crippen molar-refractivity contribution in [2.45, 2.75) is 32.2 Å². The highest BCUT2D eigenvalue weighted by molar-refractivity contribution is 5.85. The summed E-state index contributed by atoms with van der Waals surface area (Å²) in [5, 5.41) is 5.44. The summed E-state index contributed by atoms with van der Waals surface area (Å²) in [6.45, 7) is 4.80. The molecule has 1 N–H and O–H groups in total. The number of hydrogen-bond acceptors (Lipinski definition) is 5. The minimum atomic E-state index is 0.549. The minimum absolute atomic E-state index is 0.549. The molecule has 0 radical (unpaired) electrons. The third-order valence-electron chi connectivity index (χ3n) is 6.05. The van der Waals surface area contributed by atoms with E-state index in [1.165, 1.54) is 22.0 Å². The molecule has 2 aromatic heterocycles. The number of methoxy groups -OCH3 is 1. The molecule has 154 valence electrons. The van der Waals surface area contributed by atoms with Gasteiger partial charge in [0.1, 0.15) is 5.75 Å². The average Bonchev–Trinajstić information content (AvgIpc) is 3.41. The lowest BCUT2D eigenvalue weighted by atomic mass is 9.89. The number of H-pyrrole nitrogens is 1. The van der Waals surface area contributed by atoms with E-state index in [0.29, 0.717) is 24.2 Å². The summed E-state index contributed by atoms with van der Waals surface area (Å²) in [5.74, 6) is 2.80. The third kappa shape index (κ3) is 3.71. The highest BCUT2D eigenvalue weighted by atomic mass is 16.5. The molecular formula is C24H26N4O2. The summed E-state index contributed by atoms with van der Waals surface area (Å²) in [4.78, 5) is 10.4. The first-order valence-corrected chi connectivity index (χ1v) is 10.5. The van der Waals surface area contributed by atoms with Crippen molar-refractivity contribution < 1.29 is 9.26 Å². The molecule has 0 spiro atoms. The van der Waals surface area contributed by atoms with Gasteiger partial charge in [0.05, 0.1) is 13.7 Å². The van der Waals surface area contributed by atoms with Crippen LogP contribution in [0.1, 0.15) is 35.8 Å². The van der Waals surface area contributed by atoms with Gasteiger partial charge < -0.3 is 14.2 Å². The zero-order valence-electron chi connectivity index (χ0n) is 17.4. The number of benzene rings is 2. The number of nitrogens with zero attached hydrogens (tertiary/aromatic N) is 3. The van der Waals surface area contributed by atoms with Crippen molar-refractivity contribution in [2.75, 3.05) is 20.2 Å². The van der Waals surface area contributed by atoms with Crippen LogP contribution < -0.4 is 4.74 Å². The molecule has 0 atom stereocenters. The van der Waals surface area contributed by atoms with Gasteiger partial charge in [0.2, 0.25) is 11.7 Å². The fourth-order valence-electron chi connectivity index (χ4n) is 4.40. The van der Waals surface area contributed by atoms with E-state index in [2.05, 4.69) is 57.4 Å². The molecule has 1 saturated heterocycles. The molecular weight excluding hydrogens is 376 g/mol. The van der Waals surface area contributed by atoms with Gasteiger partial charge in [-0.05, 0) is 68.6 Å². The number of aromatic nitrogens is 3. The lowest BCUT2D eigenvalue weighted by molar-refractivity contribution is 0.181. The molecule has 30 heavy (non-hydrogen) atoms. The highest BCUT2D eigenvalue weighted by Gasteiger charge is 2.24. The number of hydrogen-bond donors (Lipinski definition) is 1. The molecule has 6 heteroatoms. The molecule has 1 fully saturated rings. The van der Waals surface area contributed by atoms with E-state index < -0.39 is 0 Å². The van der Waals surface area contributed by atoms with E-state index in [1.807, 2.05) is 18.2 Å². The van der Waals surface area contributed by atoms with Gasteiger partial charge in [0.15, 0.2) is 0 Å². The first-order chi connectivity index (χ1) is 14.7. The number of rotatable bonds is 5. The number of nitrogens with one attached hydrogen (secondary N) is 1. The third-order valence-corrected chi connectivity index (χ3v) is 6.05. The molecule has 2 aromatic carbocycles. The van der Waals surface area contributed by atoms with Crippen LogP contribution in [0.5, 0.6) is 5.75 Å². The quantitative estimate of drug-likeness (QED) is 0.513. The van der Waals surface area contributed by atoms with Crippen molar-refractivity contribution in [3.63, 3.8) is 0 Å². The van der Waals surface area contributed by atoms with E-state index in [1.54, 1.807) is 7.11 Å². The van der Waals surface area contributed by atoms with Crippen LogP contribution in [0.3, 0.4) is 0 Å². The van der Waals surface area contributed by atoms with Gasteiger partial charge in [0.25, 0.3) is 0 Å². The Bertz CT molecular complexity index is 1150. The zero-order chi connectivity index (χ0) is 20.5. The maximum Gasteiger partial charge on any atom is 0.241 e. The van der Waals surface area contributed by atoms with Crippen LogP contribution in [0.4, 0.5) is 0 Å². The first-order valence-electron chi connectivity index (χ1n) is 10.5. The van der Waals surface area contributed by atoms with Gasteiger partial charge in [-0.15, -0.1) is 0 Å². The molecule has 4 aromatic rings. The molecule has 6 nitrogen and oxygen atoms in total. The first kappa shape index (κ1) is 18.9. The Morgan fingerprint density at radius 2 is 2.03 bits per heavy atom. The fourth-order valence-corrected chi connectivity index (χ4v) is 4.40. The maximum atomic E-state index is 5.52. The molecule has 5 rings (SSSR count). The van der Waals surface area contributed by atoms with Crippen LogP contribution in [-0.2, 0) is 6.54 Å². The number of piperidine rings is 1. The number of likely N-dealkylation sites (tertiary alicyclic amines) is 1. The predicted molar refractivity (Wildman–Crippen MR) is 117 cm³/mol. The smallest absolute Gasteiger partial charge is 0.241 e. The topological polar surface area (TPSA) is 67.2 Å². The molecule has 0 unspecified atom stereocenters. The summed E-state index contributed by atoms with van der Waals surface area (Å²) in [6.07, 6.45) is 4.39. The standard InChI is InChI=1S/C24H26N4O2/c1-16-4-3-5-18(12-16)24-26-23(30-27-24)15-28-10-8-17(9-11-28)21-14-25-22-7-6-19(29-2)13-20(21)22/h3-7,12-14,17,25H,8-11,15H2,1-2H3. The van der Waals surface area contributed by atoms with Crippen LogP contribution in [-0.4, -0.2) is 40.2 Å². The van der Waals surface area contributed by atoms with Crippen molar-refractivity contribution in [2.24, 2.45) is 0 Å². The molecule has 3 heterocycles. The van der Waals surface area contributed by atoms with Crippen molar-refractivity contribution >= 4 is 10.9 Å². The van der Waals surface area contributed by atoms with E-state index >= 15 is 0 Å². The molecule has 0 aliphatic carbocycles. The van der Waals surface area contributed by atoms with Gasteiger partial charge in [-0.3, -0.25) is 4.90 Å². The van der Waals surface area contributed by atoms with Gasteiger partial charge >= 0.3 is 0 Å². The second-order valence-electron chi connectivity index (χ2n) is 8.09. The average molecular weight is 402 g/mol. The molecule has 0 bridgehead atoms. The van der Waals surface area contributed by atoms with Crippen molar-refractivity contribution in [3.8, 4) is 17.1 Å². The summed E-state index contributed by atoms with van der Waals surface area (Å²) < 4.78 is 10.9. The van der Waals surface area contributed by atoms with Crippen LogP contribution in [0.2, 0.25) is 0 Å². The lowest BCUT2D eigenvalue weighted by Crippen LogP contribution is -2.32. The number of fused-ring (bicyclic) bond motifs is 1. The minimum Gasteiger partial charge on any atom is -0.497 e. The maximum absolute atomic E-state index is 5.52. The normalized spacial score (nSPS) is 15.7. The Kier molecular flexibility index (Phi) is 5.01. The van der Waals surface area contributed by atoms with Crippen LogP contribution >= 0.6 is 0 Å². The van der Waals surface area contributed by atoms with Gasteiger partial charge in [-0.25, -0.2) is 0 Å². The van der Waals surface area contributed by atoms with E-state index in [0.717, 1.165) is 37.2 Å². The second-order valence-corrected chi connectivity index (χ2v) is 8.09. The monoisotopic (exact) mass is 402 g/mol. The van der Waals surface area contributed by atoms with Crippen LogP contribution in [0.25, 0.3) is 22.3 Å². The van der Waals surface area contributed by atoms with E-state index in [4.69, 9.17) is 9.26 Å². The van der Waals surface area contributed by atoms with Gasteiger partial charge in [-0.1, -0.05) is 28.9 Å². The van der Waals surface area contributed by atoms with Gasteiger partial charge in [-0.2, -0.15) is 4.98 Å². The predicted octanol–water partition coefficient (Wildman–Crippen LogP) is 4.91. The molecule has 0 amide bonds. The summed E-state index contributed by atoms with van der Waals surface area (Å²) >= 11 is 0.